The van der Waals surface area contributed by atoms with Gasteiger partial charge in [-0.1, -0.05) is 59.7 Å². The number of hydrogen-bond donors (Lipinski definition) is 0. The summed E-state index contributed by atoms with van der Waals surface area (Å²) in [6.45, 7) is 18.1. The van der Waals surface area contributed by atoms with Gasteiger partial charge in [-0.25, -0.2) is 9.37 Å². The van der Waals surface area contributed by atoms with Crippen molar-refractivity contribution in [3.05, 3.63) is 47.4 Å². The summed E-state index contributed by atoms with van der Waals surface area (Å²) in [5.74, 6) is -0.0199. The number of nitrogens with zero attached hydrogens (tertiary/aromatic N) is 1. The lowest BCUT2D eigenvalue weighted by molar-refractivity contribution is 0.0155. The fourth-order valence-electron chi connectivity index (χ4n) is 3.33. The van der Waals surface area contributed by atoms with Crippen molar-refractivity contribution < 1.29 is 18.3 Å². The molecule has 0 unspecified atom stereocenters. The maximum Gasteiger partial charge on any atom is 0.213 e. The van der Waals surface area contributed by atoms with Crippen LogP contribution in [-0.2, 0) is 15.8 Å². The number of pyridine rings is 1. The lowest BCUT2D eigenvalue weighted by Gasteiger charge is -2.36. The number of rotatable bonds is 7. The van der Waals surface area contributed by atoms with Crippen LogP contribution in [0.4, 0.5) is 4.39 Å². The van der Waals surface area contributed by atoms with Gasteiger partial charge in [-0.3, -0.25) is 0 Å². The van der Waals surface area contributed by atoms with Gasteiger partial charge in [0.15, 0.2) is 8.32 Å². The lowest BCUT2D eigenvalue weighted by Crippen LogP contribution is -2.40. The third-order valence-electron chi connectivity index (χ3n) is 6.16. The fourth-order valence-corrected chi connectivity index (χ4v) is 4.29. The van der Waals surface area contributed by atoms with Crippen LogP contribution in [-0.4, -0.2) is 27.5 Å². The summed E-state index contributed by atoms with van der Waals surface area (Å²) in [6.07, 6.45) is 0.972. The zero-order valence-electron chi connectivity index (χ0n) is 20.7. The van der Waals surface area contributed by atoms with E-state index in [4.69, 9.17) is 13.9 Å². The third kappa shape index (κ3) is 5.93. The van der Waals surface area contributed by atoms with Crippen molar-refractivity contribution in [2.24, 2.45) is 5.41 Å². The summed E-state index contributed by atoms with van der Waals surface area (Å²) >= 11 is 0. The topological polar surface area (TPSA) is 40.6 Å². The molecule has 0 bridgehead atoms. The Kier molecular flexibility index (Phi) is 7.72. The molecule has 1 atom stereocenters. The van der Waals surface area contributed by atoms with E-state index >= 15 is 0 Å². The number of aromatic nitrogens is 1. The number of methoxy groups -OCH3 is 2. The highest BCUT2D eigenvalue weighted by Gasteiger charge is 2.37. The molecule has 0 fully saturated rings. The smallest absolute Gasteiger partial charge is 0.213 e. The summed E-state index contributed by atoms with van der Waals surface area (Å²) in [5, 5.41) is 0.132. The largest absolute Gasteiger partial charge is 0.481 e. The minimum Gasteiger partial charge on any atom is -0.481 e. The molecule has 1 aromatic carbocycles. The zero-order valence-corrected chi connectivity index (χ0v) is 21.7. The number of benzene rings is 1. The van der Waals surface area contributed by atoms with E-state index in [0.717, 1.165) is 16.7 Å². The standard InChI is InChI=1S/C25H38FNO3Si/c1-24(2,3)23(29-8)20-13-17(16-30-31(9,10)25(4,5)6)11-12-18(20)19-14-22(28-7)27-15-21(19)26/h11-15,23H,16H2,1-10H3/t23-/m1/s1. The molecule has 0 aliphatic heterocycles. The molecule has 0 aliphatic rings. The molecule has 0 radical (unpaired) electrons. The lowest BCUT2D eigenvalue weighted by atomic mass is 9.81. The van der Waals surface area contributed by atoms with Crippen molar-refractivity contribution in [2.45, 2.75) is 72.4 Å². The highest BCUT2D eigenvalue weighted by Crippen LogP contribution is 2.42. The first-order valence-electron chi connectivity index (χ1n) is 10.7. The summed E-state index contributed by atoms with van der Waals surface area (Å²) in [7, 11) is 1.33. The molecule has 2 aromatic rings. The Morgan fingerprint density at radius 2 is 1.65 bits per heavy atom. The molecular weight excluding hydrogens is 409 g/mol. The minimum absolute atomic E-state index is 0.132. The van der Waals surface area contributed by atoms with Crippen molar-refractivity contribution in [3.8, 4) is 17.0 Å². The Morgan fingerprint density at radius 1 is 1.00 bits per heavy atom. The average molecular weight is 448 g/mol. The summed E-state index contributed by atoms with van der Waals surface area (Å²) in [5.41, 5.74) is 3.02. The van der Waals surface area contributed by atoms with Gasteiger partial charge in [-0.15, -0.1) is 0 Å². The predicted molar refractivity (Wildman–Crippen MR) is 127 cm³/mol. The van der Waals surface area contributed by atoms with Crippen molar-refractivity contribution in [1.82, 2.24) is 4.98 Å². The monoisotopic (exact) mass is 447 g/mol. The highest BCUT2D eigenvalue weighted by molar-refractivity contribution is 6.74. The first-order chi connectivity index (χ1) is 14.2. The van der Waals surface area contributed by atoms with Crippen LogP contribution in [0.3, 0.4) is 0 Å². The van der Waals surface area contributed by atoms with Gasteiger partial charge in [-0.2, -0.15) is 0 Å². The van der Waals surface area contributed by atoms with E-state index in [2.05, 4.69) is 65.7 Å². The zero-order chi connectivity index (χ0) is 23.6. The molecule has 1 aromatic heterocycles. The van der Waals surface area contributed by atoms with E-state index in [9.17, 15) is 4.39 Å². The molecule has 4 nitrogen and oxygen atoms in total. The van der Waals surface area contributed by atoms with E-state index in [1.165, 1.54) is 13.3 Å². The molecule has 2 rings (SSSR count). The highest BCUT2D eigenvalue weighted by atomic mass is 28.4. The maximum atomic E-state index is 14.8. The van der Waals surface area contributed by atoms with Crippen LogP contribution >= 0.6 is 0 Å². The Morgan fingerprint density at radius 3 is 2.16 bits per heavy atom. The van der Waals surface area contributed by atoms with Gasteiger partial charge in [0, 0.05) is 18.7 Å². The Hall–Kier alpha value is -1.76. The van der Waals surface area contributed by atoms with Gasteiger partial charge in [-0.05, 0) is 40.2 Å². The first kappa shape index (κ1) is 25.5. The van der Waals surface area contributed by atoms with Crippen LogP contribution < -0.4 is 4.74 Å². The van der Waals surface area contributed by atoms with Crippen molar-refractivity contribution in [3.63, 3.8) is 0 Å². The molecule has 6 heteroatoms. The van der Waals surface area contributed by atoms with Crippen LogP contribution in [0.5, 0.6) is 5.88 Å². The normalized spacial score (nSPS) is 13.9. The second-order valence-electron chi connectivity index (χ2n) is 10.7. The van der Waals surface area contributed by atoms with E-state index < -0.39 is 14.1 Å². The van der Waals surface area contributed by atoms with Crippen LogP contribution in [0.25, 0.3) is 11.1 Å². The van der Waals surface area contributed by atoms with Crippen LogP contribution in [0.1, 0.15) is 58.8 Å². The van der Waals surface area contributed by atoms with E-state index in [0.29, 0.717) is 18.1 Å². The quantitative estimate of drug-likeness (QED) is 0.423. The van der Waals surface area contributed by atoms with Gasteiger partial charge < -0.3 is 13.9 Å². The summed E-state index contributed by atoms with van der Waals surface area (Å²) in [6, 6.07) is 7.69. The third-order valence-corrected chi connectivity index (χ3v) is 10.6. The average Bonchev–Trinajstić information content (AvgIpc) is 2.66. The molecule has 0 N–H and O–H groups in total. The molecule has 31 heavy (non-hydrogen) atoms. The van der Waals surface area contributed by atoms with Crippen molar-refractivity contribution in [2.75, 3.05) is 14.2 Å². The Labute approximate surface area is 188 Å². The van der Waals surface area contributed by atoms with Crippen molar-refractivity contribution in [1.29, 1.82) is 0 Å². The van der Waals surface area contributed by atoms with Crippen LogP contribution in [0.2, 0.25) is 18.1 Å². The van der Waals surface area contributed by atoms with Crippen molar-refractivity contribution >= 4 is 8.32 Å². The number of ether oxygens (including phenoxy) is 2. The van der Waals surface area contributed by atoms with Gasteiger partial charge in [0.25, 0.3) is 0 Å². The fraction of sp³-hybridized carbons (Fsp3) is 0.560. The molecule has 0 saturated heterocycles. The van der Waals surface area contributed by atoms with Crippen LogP contribution in [0, 0.1) is 11.2 Å². The predicted octanol–water partition coefficient (Wildman–Crippen LogP) is 7.15. The first-order valence-corrected chi connectivity index (χ1v) is 13.6. The van der Waals surface area contributed by atoms with E-state index in [1.54, 1.807) is 13.2 Å². The number of halogens is 1. The van der Waals surface area contributed by atoms with E-state index in [1.807, 2.05) is 12.1 Å². The number of hydrogen-bond acceptors (Lipinski definition) is 4. The molecule has 1 heterocycles. The second-order valence-corrected chi connectivity index (χ2v) is 15.5. The molecule has 0 aliphatic carbocycles. The SMILES string of the molecule is COc1cc(-c2ccc(CO[Si](C)(C)C(C)(C)C)cc2[C@@H](OC)C(C)(C)C)c(F)cn1. The summed E-state index contributed by atoms with van der Waals surface area (Å²) in [4.78, 5) is 3.98. The van der Waals surface area contributed by atoms with E-state index in [-0.39, 0.29) is 16.6 Å². The summed E-state index contributed by atoms with van der Waals surface area (Å²) < 4.78 is 32.4. The van der Waals surface area contributed by atoms with Gasteiger partial charge >= 0.3 is 0 Å². The molecule has 172 valence electrons. The molecule has 0 saturated carbocycles. The minimum atomic E-state index is -1.89. The van der Waals surface area contributed by atoms with Gasteiger partial charge in [0.1, 0.15) is 5.82 Å². The maximum absolute atomic E-state index is 14.8. The van der Waals surface area contributed by atoms with Crippen LogP contribution in [0.15, 0.2) is 30.5 Å². The Balaban J connectivity index is 2.57. The molecular formula is C25H38FNO3Si. The molecule has 0 spiro atoms. The second kappa shape index (κ2) is 9.39. The van der Waals surface area contributed by atoms with Gasteiger partial charge in [0.05, 0.1) is 26.0 Å². The van der Waals surface area contributed by atoms with Gasteiger partial charge in [0.2, 0.25) is 5.88 Å². The molecule has 0 amide bonds. The Bertz CT molecular complexity index is 901.